The zero-order valence-corrected chi connectivity index (χ0v) is 75.7. The molecular formula is C91H141N5O13S5. The molecule has 1 aliphatic heterocycles. The maximum Gasteiger partial charge on any atom is 0.0753 e. The first-order valence-electron chi connectivity index (χ1n) is 39.1. The molecule has 1 saturated heterocycles. The van der Waals surface area contributed by atoms with Crippen molar-refractivity contribution in [2.45, 2.75) is 231 Å². The lowest BCUT2D eigenvalue weighted by Crippen LogP contribution is -2.35. The summed E-state index contributed by atoms with van der Waals surface area (Å²) in [5, 5.41) is 26.5. The van der Waals surface area contributed by atoms with E-state index in [9.17, 15) is 45.5 Å². The number of aliphatic hydroxyl groups is 3. The van der Waals surface area contributed by atoms with E-state index < -0.39 is 60.0 Å². The number of hydrogen-bond acceptors (Lipinski definition) is 18. The first-order chi connectivity index (χ1) is 53.4. The first kappa shape index (κ1) is 104. The minimum atomic E-state index is -2.98. The van der Waals surface area contributed by atoms with Crippen LogP contribution in [-0.4, -0.2) is 138 Å². The van der Waals surface area contributed by atoms with E-state index in [4.69, 9.17) is 15.3 Å². The van der Waals surface area contributed by atoms with Gasteiger partial charge < -0.3 is 15.3 Å². The third kappa shape index (κ3) is 38.2. The van der Waals surface area contributed by atoms with Gasteiger partial charge in [0.15, 0.2) is 0 Å². The van der Waals surface area contributed by atoms with Gasteiger partial charge in [-0.15, -0.1) is 53.9 Å². The van der Waals surface area contributed by atoms with Gasteiger partial charge in [0.25, 0.3) is 0 Å². The zero-order chi connectivity index (χ0) is 86.2. The Hall–Kier alpha value is -5.99. The third-order valence-corrected chi connectivity index (χ3v) is 27.7. The molecule has 0 amide bonds. The molecule has 10 rings (SSSR count). The predicted molar refractivity (Wildman–Crippen MR) is 490 cm³/mol. The highest BCUT2D eigenvalue weighted by Crippen LogP contribution is 2.57. The Balaban J connectivity index is 0.000000439. The summed E-state index contributed by atoms with van der Waals surface area (Å²) in [6.07, 6.45) is 5.50. The summed E-state index contributed by atoms with van der Waals surface area (Å²) in [6.45, 7) is 39.7. The summed E-state index contributed by atoms with van der Waals surface area (Å²) in [5.74, 6) is 0.653. The highest BCUT2D eigenvalue weighted by atomic mass is 32.3. The van der Waals surface area contributed by atoms with E-state index in [1.54, 1.807) is 73.9 Å². The second kappa shape index (κ2) is 52.7. The molecule has 9 aromatic rings. The number of hydrogen-bond donors (Lipinski definition) is 15. The number of rotatable bonds is 22. The van der Waals surface area contributed by atoms with Crippen LogP contribution in [0.5, 0.6) is 0 Å². The van der Waals surface area contributed by atoms with Gasteiger partial charge in [0.1, 0.15) is 0 Å². The molecule has 0 radical (unpaired) electrons. The van der Waals surface area contributed by atoms with Gasteiger partial charge in [-0.05, 0) is 223 Å². The van der Waals surface area contributed by atoms with E-state index in [0.717, 1.165) is 77.5 Å². The van der Waals surface area contributed by atoms with Crippen molar-refractivity contribution in [3.63, 3.8) is 0 Å². The number of aryl methyl sites for hydroxylation is 11. The summed E-state index contributed by atoms with van der Waals surface area (Å²) in [6, 6.07) is 70.4. The highest BCUT2D eigenvalue weighted by Gasteiger charge is 2.38. The van der Waals surface area contributed by atoms with E-state index in [1.165, 1.54) is 37.7 Å². The van der Waals surface area contributed by atoms with Gasteiger partial charge in [0, 0.05) is 51.9 Å². The highest BCUT2D eigenvalue weighted by molar-refractivity contribution is 8.23. The third-order valence-electron chi connectivity index (χ3n) is 18.5. The largest absolute Gasteiger partial charge is 0.395 e. The second-order valence-electron chi connectivity index (χ2n) is 29.2. The molecule has 15 N–H and O–H groups in total. The second-order valence-corrected chi connectivity index (χ2v) is 39.1. The first-order valence-corrected chi connectivity index (χ1v) is 46.7. The van der Waals surface area contributed by atoms with Gasteiger partial charge in [-0.25, -0.2) is 18.1 Å². The van der Waals surface area contributed by atoms with E-state index in [2.05, 4.69) is 145 Å². The van der Waals surface area contributed by atoms with Crippen LogP contribution in [0, 0.1) is 62.3 Å². The molecule has 1 aliphatic rings. The minimum absolute atomic E-state index is 0.0938. The standard InChI is InChI=1S/C13H21NO2S.2C11H19NO2S.2C10H17NO3S.C10H14.2C9H12.C8H10O/c1-10-4-8-13(9-5-10)17(15,16)14-11(2)6-7-12(14)3;1-4-9-12(3)15(13,14)11-7-5-10(2)6-8-11;1-4-10(3)12-15(13,14)11-7-5-9(2)6-8-11;1-9-3-5-10(6-4-9)15(13,14)11(2)7-8-12;1-8-3-5-10(6-4-8)15(13,14)11-7-9(2)12;1-8(2)10-6-4-9(3)5-7-10;1-3-9-6-4-8(2)5-7-9;1-3-9-6-4-5-8(2)7-9;1-7-4-2-3-5-8(7)6-9/h4-5,8-9,11-12,15-16H,6-7H2,1-3H3;5-8,13-14H,4,9H2,1-3H3;5-8,10,12-14H,4H2,1-3H3;3-6,12-14H,7-8H2,1-2H3;3-6,9,11-14H,7H2,1-2H3;4-8H,1-3H3;2*4-7H,3H2,1-2H3;2-5,9H,6H2,1H3. The van der Waals surface area contributed by atoms with E-state index >= 15 is 0 Å². The summed E-state index contributed by atoms with van der Waals surface area (Å²) in [5.41, 5.74) is 15.9. The number of benzene rings is 9. The van der Waals surface area contributed by atoms with Crippen molar-refractivity contribution >= 4 is 53.9 Å². The van der Waals surface area contributed by atoms with Crippen molar-refractivity contribution in [2.75, 3.05) is 40.3 Å². The van der Waals surface area contributed by atoms with Gasteiger partial charge in [-0.3, -0.25) is 45.5 Å². The van der Waals surface area contributed by atoms with Crippen LogP contribution >= 0.6 is 53.9 Å². The van der Waals surface area contributed by atoms with Crippen LogP contribution in [-0.2, 0) is 19.4 Å². The molecule has 4 unspecified atom stereocenters. The van der Waals surface area contributed by atoms with Gasteiger partial charge in [-0.1, -0.05) is 244 Å². The van der Waals surface area contributed by atoms with Gasteiger partial charge >= 0.3 is 0 Å². The lowest BCUT2D eigenvalue weighted by atomic mass is 10.0. The van der Waals surface area contributed by atoms with Crippen molar-refractivity contribution in [2.24, 2.45) is 0 Å². The molecule has 0 aliphatic carbocycles. The molecular weight excluding hydrogens is 1530 g/mol. The normalized spacial score (nSPS) is 14.7. The van der Waals surface area contributed by atoms with Crippen LogP contribution in [0.2, 0.25) is 0 Å². The zero-order valence-electron chi connectivity index (χ0n) is 71.6. The molecule has 638 valence electrons. The van der Waals surface area contributed by atoms with Crippen LogP contribution in [0.3, 0.4) is 0 Å². The number of nitrogens with one attached hydrogen (secondary N) is 2. The van der Waals surface area contributed by atoms with Crippen LogP contribution in [0.1, 0.15) is 173 Å². The Kier molecular flexibility index (Phi) is 48.1. The monoisotopic (exact) mass is 1670 g/mol. The molecule has 18 nitrogen and oxygen atoms in total. The lowest BCUT2D eigenvalue weighted by Gasteiger charge is -2.45. The molecule has 4 atom stereocenters. The molecule has 114 heavy (non-hydrogen) atoms. The fourth-order valence-corrected chi connectivity index (χ4v) is 17.7. The SMILES string of the molecule is CCC(C)NS(O)(O)c1ccc(C)cc1.CCCN(C)S(O)(O)c1ccc(C)cc1.CCc1ccc(C)cc1.CCc1cccc(C)c1.Cc1ccc(C(C)C)cc1.Cc1ccc(S(O)(O)N(C)CCO)cc1.Cc1ccc(S(O)(O)N2C(C)CCC2C)cc1.Cc1ccc(S(O)(O)NCC(C)O)cc1.Cc1ccccc1CO. The van der Waals surface area contributed by atoms with Crippen molar-refractivity contribution in [1.82, 2.24) is 22.4 Å². The van der Waals surface area contributed by atoms with Crippen LogP contribution < -0.4 is 9.44 Å². The summed E-state index contributed by atoms with van der Waals surface area (Å²) in [7, 11) is -11.1. The maximum absolute atomic E-state index is 10.5. The van der Waals surface area contributed by atoms with E-state index in [1.807, 2.05) is 164 Å². The van der Waals surface area contributed by atoms with E-state index in [0.29, 0.717) is 36.9 Å². The Labute approximate surface area is 694 Å². The van der Waals surface area contributed by atoms with Gasteiger partial charge in [0.2, 0.25) is 0 Å². The molecule has 23 heteroatoms. The molecule has 0 bridgehead atoms. The minimum Gasteiger partial charge on any atom is -0.395 e. The Bertz CT molecular complexity index is 3970. The van der Waals surface area contributed by atoms with E-state index in [-0.39, 0.29) is 44.4 Å². The topological polar surface area (TPSA) is 297 Å². The molecule has 9 aromatic carbocycles. The molecule has 0 spiro atoms. The Morgan fingerprint density at radius 1 is 0.421 bits per heavy atom. The lowest BCUT2D eigenvalue weighted by molar-refractivity contribution is 0.197. The smallest absolute Gasteiger partial charge is 0.0753 e. The molecule has 1 heterocycles. The molecule has 0 saturated carbocycles. The van der Waals surface area contributed by atoms with Crippen molar-refractivity contribution in [3.05, 3.63) is 291 Å². The van der Waals surface area contributed by atoms with Gasteiger partial charge in [0.05, 0.1) is 43.8 Å². The van der Waals surface area contributed by atoms with Crippen molar-refractivity contribution in [3.8, 4) is 0 Å². The van der Waals surface area contributed by atoms with Crippen molar-refractivity contribution in [1.29, 1.82) is 0 Å². The van der Waals surface area contributed by atoms with Crippen LogP contribution in [0.25, 0.3) is 0 Å². The maximum atomic E-state index is 10.5. The quantitative estimate of drug-likeness (QED) is 0.0300. The van der Waals surface area contributed by atoms with Crippen LogP contribution in [0.15, 0.2) is 243 Å². The Morgan fingerprint density at radius 2 is 0.789 bits per heavy atom. The van der Waals surface area contributed by atoms with Gasteiger partial charge in [-0.2, -0.15) is 4.31 Å². The summed E-state index contributed by atoms with van der Waals surface area (Å²) >= 11 is 0. The molecule has 0 aromatic heterocycles. The number of likely N-dealkylation sites (N-methyl/N-ethyl adjacent to an activating group) is 1. The fourth-order valence-electron chi connectivity index (χ4n) is 10.7. The molecule has 1 fully saturated rings. The fraction of sp³-hybridized carbons (Fsp3) is 0.407. The average molecular weight is 1670 g/mol. The predicted octanol–water partition coefficient (Wildman–Crippen LogP) is 24.3. The van der Waals surface area contributed by atoms with Crippen molar-refractivity contribution < 1.29 is 60.8 Å². The van der Waals surface area contributed by atoms with Crippen LogP contribution in [0.4, 0.5) is 0 Å². The Morgan fingerprint density at radius 3 is 1.12 bits per heavy atom. The summed E-state index contributed by atoms with van der Waals surface area (Å²) in [4.78, 5) is 2.68. The number of nitrogens with zero attached hydrogens (tertiary/aromatic N) is 3. The summed E-state index contributed by atoms with van der Waals surface area (Å²) < 4.78 is 110. The average Bonchev–Trinajstić information content (AvgIpc) is 1.60. The number of aliphatic hydroxyl groups excluding tert-OH is 3.